The summed E-state index contributed by atoms with van der Waals surface area (Å²) in [7, 11) is 0. The third kappa shape index (κ3) is 13.0. The standard InChI is InChI=1S/C45H57N9O5/c1-28(47)26-49-38(24-31-19-20-32-14-6-7-15-33(32)22-31)43(57)51-29(2)42(56)53-40(25-34-27-50-36-17-9-8-16-35(34)36)45(59)54-39(23-30-12-4-3-5-13-30)44(58)52-37(41(48)55)18-10-11-21-46/h3-9,12-17,19-20,22,27-29,37-40,49-50H,10-11,18,21,23-26,46-47H2,1-2H3,(H2,48,55)(H,51,57)(H,52,58)(H,53,56)(H,54,59)/t28-,29-,37-,38+,39+,40-/m0/s1. The molecule has 0 radical (unpaired) electrons. The van der Waals surface area contributed by atoms with Crippen LogP contribution < -0.4 is 43.8 Å². The molecule has 312 valence electrons. The maximum absolute atomic E-state index is 14.3. The van der Waals surface area contributed by atoms with E-state index in [1.165, 1.54) is 0 Å². The lowest BCUT2D eigenvalue weighted by Crippen LogP contribution is -2.59. The molecule has 4 aromatic carbocycles. The fourth-order valence-corrected chi connectivity index (χ4v) is 6.98. The molecule has 14 heteroatoms. The Hall–Kier alpha value is -6.09. The Bertz CT molecular complexity index is 2190. The number of aromatic nitrogens is 1. The number of para-hydroxylation sites is 1. The molecule has 5 aromatic rings. The molecule has 0 spiro atoms. The van der Waals surface area contributed by atoms with Crippen molar-refractivity contribution in [2.45, 2.75) is 88.6 Å². The molecule has 59 heavy (non-hydrogen) atoms. The van der Waals surface area contributed by atoms with E-state index in [-0.39, 0.29) is 25.3 Å². The monoisotopic (exact) mass is 803 g/mol. The first-order valence-electron chi connectivity index (χ1n) is 20.2. The normalized spacial score (nSPS) is 14.4. The van der Waals surface area contributed by atoms with Crippen molar-refractivity contribution in [1.82, 2.24) is 31.6 Å². The zero-order chi connectivity index (χ0) is 42.3. The van der Waals surface area contributed by atoms with Crippen LogP contribution in [0.3, 0.4) is 0 Å². The van der Waals surface area contributed by atoms with Gasteiger partial charge in [0.2, 0.25) is 29.5 Å². The number of aromatic amines is 1. The summed E-state index contributed by atoms with van der Waals surface area (Å²) in [5, 5.41) is 17.5. The average Bonchev–Trinajstić information content (AvgIpc) is 3.64. The van der Waals surface area contributed by atoms with Crippen molar-refractivity contribution >= 4 is 51.2 Å². The first-order chi connectivity index (χ1) is 28.4. The molecule has 0 unspecified atom stereocenters. The van der Waals surface area contributed by atoms with Crippen LogP contribution in [0.15, 0.2) is 103 Å². The van der Waals surface area contributed by atoms with Crippen LogP contribution >= 0.6 is 0 Å². The lowest BCUT2D eigenvalue weighted by molar-refractivity contribution is -0.134. The van der Waals surface area contributed by atoms with Crippen LogP contribution in [0.1, 0.15) is 49.8 Å². The number of nitrogens with two attached hydrogens (primary N) is 3. The molecule has 1 aromatic heterocycles. The van der Waals surface area contributed by atoms with Crippen LogP contribution in [0.5, 0.6) is 0 Å². The lowest BCUT2D eigenvalue weighted by Gasteiger charge is -2.26. The Labute approximate surface area is 344 Å². The van der Waals surface area contributed by atoms with Gasteiger partial charge >= 0.3 is 0 Å². The highest BCUT2D eigenvalue weighted by Crippen LogP contribution is 2.20. The molecule has 0 aliphatic heterocycles. The van der Waals surface area contributed by atoms with Gasteiger partial charge in [-0.25, -0.2) is 0 Å². The highest BCUT2D eigenvalue weighted by atomic mass is 16.2. The summed E-state index contributed by atoms with van der Waals surface area (Å²) < 4.78 is 0. The second-order valence-electron chi connectivity index (χ2n) is 15.2. The second kappa shape index (κ2) is 21.6. The van der Waals surface area contributed by atoms with Gasteiger partial charge in [0.05, 0.1) is 6.04 Å². The number of rotatable bonds is 22. The summed E-state index contributed by atoms with van der Waals surface area (Å²) in [5.74, 6) is -2.95. The number of unbranched alkanes of at least 4 members (excludes halogenated alkanes) is 1. The van der Waals surface area contributed by atoms with E-state index in [0.717, 1.165) is 38.4 Å². The molecule has 6 atom stereocenters. The first kappa shape index (κ1) is 44.0. The number of amides is 5. The van der Waals surface area contributed by atoms with Crippen molar-refractivity contribution in [2.75, 3.05) is 13.1 Å². The molecule has 0 bridgehead atoms. The molecule has 12 N–H and O–H groups in total. The maximum Gasteiger partial charge on any atom is 0.243 e. The average molecular weight is 804 g/mol. The number of hydrogen-bond donors (Lipinski definition) is 9. The van der Waals surface area contributed by atoms with Gasteiger partial charge in [0, 0.05) is 42.5 Å². The number of fused-ring (bicyclic) bond motifs is 2. The zero-order valence-corrected chi connectivity index (χ0v) is 33.7. The first-order valence-corrected chi connectivity index (χ1v) is 20.2. The fourth-order valence-electron chi connectivity index (χ4n) is 6.98. The SMILES string of the molecule is C[C@H](N)CN[C@H](Cc1ccc2ccccc2c1)C(=O)N[C@@H](C)C(=O)N[C@@H](Cc1c[nH]c2ccccc12)C(=O)N[C@H](Cc1ccccc1)C(=O)N[C@@H](CCCCN)C(N)=O. The minimum absolute atomic E-state index is 0.0610. The number of H-pyrrole nitrogens is 1. The Kier molecular flexibility index (Phi) is 16.1. The number of carbonyl (C=O) groups excluding carboxylic acids is 5. The number of carbonyl (C=O) groups is 5. The predicted molar refractivity (Wildman–Crippen MR) is 231 cm³/mol. The smallest absolute Gasteiger partial charge is 0.243 e. The summed E-state index contributed by atoms with van der Waals surface area (Å²) in [6, 6.07) is 25.4. The summed E-state index contributed by atoms with van der Waals surface area (Å²) in [5.41, 5.74) is 20.6. The molecular formula is C45H57N9O5. The van der Waals surface area contributed by atoms with Gasteiger partial charge in [0.15, 0.2) is 0 Å². The van der Waals surface area contributed by atoms with Gasteiger partial charge in [-0.1, -0.05) is 91.0 Å². The largest absolute Gasteiger partial charge is 0.368 e. The van der Waals surface area contributed by atoms with Crippen LogP contribution in [0.25, 0.3) is 21.7 Å². The highest BCUT2D eigenvalue weighted by Gasteiger charge is 2.32. The third-order valence-electron chi connectivity index (χ3n) is 10.3. The van der Waals surface area contributed by atoms with Gasteiger partial charge in [0.1, 0.15) is 24.2 Å². The van der Waals surface area contributed by atoms with E-state index in [1.807, 2.05) is 104 Å². The molecule has 0 saturated carbocycles. The Morgan fingerprint density at radius 2 is 1.24 bits per heavy atom. The van der Waals surface area contributed by atoms with Crippen LogP contribution in [0.4, 0.5) is 0 Å². The molecule has 0 saturated heterocycles. The van der Waals surface area contributed by atoms with Crippen molar-refractivity contribution in [2.24, 2.45) is 17.2 Å². The van der Waals surface area contributed by atoms with Crippen molar-refractivity contribution in [3.8, 4) is 0 Å². The highest BCUT2D eigenvalue weighted by molar-refractivity contribution is 5.96. The van der Waals surface area contributed by atoms with E-state index in [0.29, 0.717) is 32.4 Å². The van der Waals surface area contributed by atoms with Gasteiger partial charge in [-0.3, -0.25) is 24.0 Å². The van der Waals surface area contributed by atoms with E-state index in [1.54, 1.807) is 13.1 Å². The predicted octanol–water partition coefficient (Wildman–Crippen LogP) is 2.23. The van der Waals surface area contributed by atoms with E-state index < -0.39 is 59.7 Å². The molecule has 1 heterocycles. The Balaban J connectivity index is 1.35. The van der Waals surface area contributed by atoms with Crippen molar-refractivity contribution in [3.63, 3.8) is 0 Å². The van der Waals surface area contributed by atoms with Gasteiger partial charge in [-0.05, 0) is 79.6 Å². The van der Waals surface area contributed by atoms with Crippen molar-refractivity contribution in [3.05, 3.63) is 120 Å². The molecule has 0 aliphatic rings. The molecular weight excluding hydrogens is 747 g/mol. The Morgan fingerprint density at radius 1 is 0.627 bits per heavy atom. The van der Waals surface area contributed by atoms with Gasteiger partial charge in [-0.15, -0.1) is 0 Å². The molecule has 5 rings (SSSR count). The van der Waals surface area contributed by atoms with Crippen molar-refractivity contribution < 1.29 is 24.0 Å². The summed E-state index contributed by atoms with van der Waals surface area (Å²) in [6.07, 6.45) is 3.78. The summed E-state index contributed by atoms with van der Waals surface area (Å²) in [6.45, 7) is 4.17. The van der Waals surface area contributed by atoms with E-state index in [9.17, 15) is 24.0 Å². The minimum atomic E-state index is -1.17. The zero-order valence-electron chi connectivity index (χ0n) is 33.7. The quantitative estimate of drug-likeness (QED) is 0.0469. The number of hydrogen-bond acceptors (Lipinski definition) is 8. The van der Waals surface area contributed by atoms with Crippen LogP contribution in [-0.4, -0.2) is 83.9 Å². The topological polar surface area (TPSA) is 239 Å². The Morgan fingerprint density at radius 3 is 1.95 bits per heavy atom. The molecule has 5 amide bonds. The number of primary amides is 1. The van der Waals surface area contributed by atoms with Crippen molar-refractivity contribution in [1.29, 1.82) is 0 Å². The van der Waals surface area contributed by atoms with Gasteiger partial charge in [-0.2, -0.15) is 0 Å². The minimum Gasteiger partial charge on any atom is -0.368 e. The summed E-state index contributed by atoms with van der Waals surface area (Å²) in [4.78, 5) is 71.5. The third-order valence-corrected chi connectivity index (χ3v) is 10.3. The van der Waals surface area contributed by atoms with Crippen LogP contribution in [0.2, 0.25) is 0 Å². The van der Waals surface area contributed by atoms with Gasteiger partial charge in [0.25, 0.3) is 0 Å². The second-order valence-corrected chi connectivity index (χ2v) is 15.2. The lowest BCUT2D eigenvalue weighted by atomic mass is 10.0. The van der Waals surface area contributed by atoms with E-state index in [4.69, 9.17) is 17.2 Å². The van der Waals surface area contributed by atoms with Gasteiger partial charge < -0.3 is 48.8 Å². The molecule has 0 fully saturated rings. The number of nitrogens with one attached hydrogen (secondary N) is 6. The van der Waals surface area contributed by atoms with E-state index >= 15 is 0 Å². The van der Waals surface area contributed by atoms with Crippen LogP contribution in [-0.2, 0) is 43.2 Å². The van der Waals surface area contributed by atoms with Crippen LogP contribution in [0, 0.1) is 0 Å². The summed E-state index contributed by atoms with van der Waals surface area (Å²) >= 11 is 0. The fraction of sp³-hybridized carbons (Fsp3) is 0.356. The molecule has 0 aliphatic carbocycles. The number of benzene rings is 4. The maximum atomic E-state index is 14.3. The van der Waals surface area contributed by atoms with E-state index in [2.05, 4.69) is 31.6 Å². The molecule has 14 nitrogen and oxygen atoms in total.